The molecule has 0 saturated carbocycles. The Morgan fingerprint density at radius 3 is 2.76 bits per heavy atom. The third kappa shape index (κ3) is 3.98. The molecule has 0 aromatic carbocycles. The summed E-state index contributed by atoms with van der Waals surface area (Å²) in [4.78, 5) is 15.3. The third-order valence-electron chi connectivity index (χ3n) is 4.96. The van der Waals surface area contributed by atoms with E-state index in [1.54, 1.807) is 16.7 Å². The molecular weight excluding hydrogens is 436 g/mol. The Hall–Kier alpha value is -1.77. The Bertz CT molecular complexity index is 1040. The summed E-state index contributed by atoms with van der Waals surface area (Å²) in [7, 11) is 0.333. The van der Waals surface area contributed by atoms with Crippen LogP contribution in [0.5, 0.6) is 11.6 Å². The first-order valence-corrected chi connectivity index (χ1v) is 11.2. The van der Waals surface area contributed by atoms with E-state index in [2.05, 4.69) is 20.0 Å². The topological polar surface area (TPSA) is 115 Å². The van der Waals surface area contributed by atoms with Gasteiger partial charge in [0.05, 0.1) is 11.8 Å². The van der Waals surface area contributed by atoms with E-state index >= 15 is 0 Å². The summed E-state index contributed by atoms with van der Waals surface area (Å²) in [6.45, 7) is 3.57. The average molecular weight is 456 g/mol. The smallest absolute Gasteiger partial charge is 0.267 e. The first kappa shape index (κ1) is 20.5. The van der Waals surface area contributed by atoms with Crippen LogP contribution in [0.4, 0.5) is 5.82 Å². The van der Waals surface area contributed by atoms with Crippen LogP contribution in [0.3, 0.4) is 0 Å². The van der Waals surface area contributed by atoms with E-state index in [1.165, 1.54) is 6.20 Å². The van der Waals surface area contributed by atoms with Crippen molar-refractivity contribution in [3.05, 3.63) is 28.6 Å². The summed E-state index contributed by atoms with van der Waals surface area (Å²) in [5.41, 5.74) is 6.03. The monoisotopic (exact) mass is 455 g/mol. The summed E-state index contributed by atoms with van der Waals surface area (Å²) in [6, 6.07) is 1.61. The largest absolute Gasteiger partial charge is 0.434 e. The number of aliphatic hydroxyl groups is 1. The van der Waals surface area contributed by atoms with Gasteiger partial charge in [-0.05, 0) is 19.5 Å². The summed E-state index contributed by atoms with van der Waals surface area (Å²) >= 11 is 12.1. The number of fused-ring (bicyclic) bond motifs is 1. The predicted molar refractivity (Wildman–Crippen MR) is 115 cm³/mol. The molecule has 0 aliphatic carbocycles. The van der Waals surface area contributed by atoms with Gasteiger partial charge in [0, 0.05) is 40.6 Å². The molecule has 3 aromatic rings. The van der Waals surface area contributed by atoms with Gasteiger partial charge in [-0.25, -0.2) is 19.4 Å². The third-order valence-corrected chi connectivity index (χ3v) is 6.45. The number of piperidine rings is 1. The molecule has 1 fully saturated rings. The van der Waals surface area contributed by atoms with Crippen molar-refractivity contribution in [2.75, 3.05) is 31.2 Å². The molecule has 12 heteroatoms. The Balaban J connectivity index is 1.65. The van der Waals surface area contributed by atoms with E-state index in [9.17, 15) is 5.11 Å². The molecule has 3 N–H and O–H groups in total. The molecule has 0 spiro atoms. The van der Waals surface area contributed by atoms with Gasteiger partial charge in [0.25, 0.3) is 5.88 Å². The lowest BCUT2D eigenvalue weighted by atomic mass is 9.92. The van der Waals surface area contributed by atoms with Gasteiger partial charge in [-0.2, -0.15) is 0 Å². The molecule has 3 aromatic heterocycles. The van der Waals surface area contributed by atoms with Gasteiger partial charge in [-0.1, -0.05) is 23.2 Å². The molecule has 1 aliphatic heterocycles. The fourth-order valence-corrected chi connectivity index (χ4v) is 4.03. The lowest BCUT2D eigenvalue weighted by molar-refractivity contribution is 0.0249. The number of aromatic nitrogens is 5. The van der Waals surface area contributed by atoms with E-state index in [0.717, 1.165) is 5.82 Å². The zero-order valence-electron chi connectivity index (χ0n) is 15.6. The summed E-state index contributed by atoms with van der Waals surface area (Å²) < 4.78 is 7.61. The van der Waals surface area contributed by atoms with Gasteiger partial charge in [0.1, 0.15) is 10.8 Å². The fraction of sp³-hybridized carbons (Fsp3) is 0.412. The predicted octanol–water partition coefficient (Wildman–Crippen LogP) is 2.68. The highest BCUT2D eigenvalue weighted by atomic mass is 35.5. The van der Waals surface area contributed by atoms with Gasteiger partial charge in [-0.3, -0.25) is 0 Å². The maximum atomic E-state index is 10.3. The second kappa shape index (κ2) is 8.16. The van der Waals surface area contributed by atoms with Gasteiger partial charge >= 0.3 is 0 Å². The molecule has 29 heavy (non-hydrogen) atoms. The standard InChI is InChI=1S/C17H20Cl2N7O2P/c1-29-26-15-13(16(24-26)28-10-2-5-21-14(19)12(10)18)22-8-11(23-15)25-6-3-17(27,9-20)4-7-25/h2,5,8,27,29H,3-4,6-7,9,20H2,1H3. The zero-order chi connectivity index (χ0) is 20.6. The minimum absolute atomic E-state index is 0.154. The molecular formula is C17H20Cl2N7O2P. The molecule has 4 rings (SSSR count). The molecule has 1 saturated heterocycles. The molecule has 154 valence electrons. The van der Waals surface area contributed by atoms with Crippen molar-refractivity contribution in [3.63, 3.8) is 0 Å². The molecule has 1 atom stereocenters. The van der Waals surface area contributed by atoms with Crippen LogP contribution in [-0.2, 0) is 0 Å². The van der Waals surface area contributed by atoms with Crippen LogP contribution in [0.2, 0.25) is 10.2 Å². The zero-order valence-corrected chi connectivity index (χ0v) is 18.2. The van der Waals surface area contributed by atoms with E-state index < -0.39 is 5.60 Å². The number of rotatable bonds is 5. The molecule has 1 aliphatic rings. The van der Waals surface area contributed by atoms with Crippen molar-refractivity contribution in [2.24, 2.45) is 5.73 Å². The summed E-state index contributed by atoms with van der Waals surface area (Å²) in [6.07, 6.45) is 4.38. The fourth-order valence-electron chi connectivity index (χ4n) is 3.17. The summed E-state index contributed by atoms with van der Waals surface area (Å²) in [5.74, 6) is 1.38. The first-order valence-electron chi connectivity index (χ1n) is 9.03. The van der Waals surface area contributed by atoms with E-state index in [1.807, 2.05) is 6.66 Å². The average Bonchev–Trinajstić information content (AvgIpc) is 3.09. The Morgan fingerprint density at radius 1 is 1.31 bits per heavy atom. The van der Waals surface area contributed by atoms with E-state index in [0.29, 0.717) is 57.5 Å². The van der Waals surface area contributed by atoms with Gasteiger partial charge in [-0.15, -0.1) is 5.10 Å². The second-order valence-electron chi connectivity index (χ2n) is 6.77. The van der Waals surface area contributed by atoms with Crippen LogP contribution < -0.4 is 15.4 Å². The van der Waals surface area contributed by atoms with Crippen LogP contribution in [0, 0.1) is 0 Å². The van der Waals surface area contributed by atoms with Crippen molar-refractivity contribution < 1.29 is 9.84 Å². The first-order chi connectivity index (χ1) is 13.9. The highest BCUT2D eigenvalue weighted by Gasteiger charge is 2.31. The SMILES string of the molecule is CPn1nc(Oc2ccnc(Cl)c2Cl)c2ncc(N3CCC(O)(CN)CC3)nc21. The van der Waals surface area contributed by atoms with Crippen molar-refractivity contribution in [1.82, 2.24) is 24.5 Å². The molecule has 4 heterocycles. The maximum Gasteiger partial charge on any atom is 0.267 e. The van der Waals surface area contributed by atoms with Crippen LogP contribution in [0.25, 0.3) is 11.2 Å². The minimum Gasteiger partial charge on any atom is -0.434 e. The minimum atomic E-state index is -0.799. The Labute approximate surface area is 179 Å². The number of halogens is 2. The van der Waals surface area contributed by atoms with Crippen molar-refractivity contribution in [1.29, 1.82) is 0 Å². The molecule has 0 radical (unpaired) electrons. The Morgan fingerprint density at radius 2 is 2.07 bits per heavy atom. The van der Waals surface area contributed by atoms with Gasteiger partial charge < -0.3 is 20.5 Å². The highest BCUT2D eigenvalue weighted by molar-refractivity contribution is 7.35. The Kier molecular flexibility index (Phi) is 5.77. The van der Waals surface area contributed by atoms with Crippen molar-refractivity contribution in [2.45, 2.75) is 18.4 Å². The van der Waals surface area contributed by atoms with Crippen molar-refractivity contribution >= 4 is 48.9 Å². The van der Waals surface area contributed by atoms with Crippen molar-refractivity contribution in [3.8, 4) is 11.6 Å². The van der Waals surface area contributed by atoms with Crippen LogP contribution in [0.1, 0.15) is 12.8 Å². The number of nitrogens with two attached hydrogens (primary N) is 1. The van der Waals surface area contributed by atoms with Crippen LogP contribution >= 0.6 is 31.9 Å². The van der Waals surface area contributed by atoms with Gasteiger partial charge in [0.2, 0.25) is 0 Å². The molecule has 9 nitrogen and oxygen atoms in total. The maximum absolute atomic E-state index is 10.3. The van der Waals surface area contributed by atoms with E-state index in [-0.39, 0.29) is 16.7 Å². The van der Waals surface area contributed by atoms with Gasteiger partial charge in [0.15, 0.2) is 22.1 Å². The number of hydrogen-bond donors (Lipinski definition) is 2. The molecule has 0 amide bonds. The number of nitrogens with zero attached hydrogens (tertiary/aromatic N) is 6. The number of pyridine rings is 1. The number of hydrogen-bond acceptors (Lipinski definition) is 8. The second-order valence-corrected chi connectivity index (χ2v) is 8.38. The van der Waals surface area contributed by atoms with Crippen LogP contribution in [-0.4, -0.2) is 61.5 Å². The lowest BCUT2D eigenvalue weighted by Crippen LogP contribution is -2.49. The summed E-state index contributed by atoms with van der Waals surface area (Å²) in [5, 5.41) is 15.2. The lowest BCUT2D eigenvalue weighted by Gasteiger charge is -2.37. The van der Waals surface area contributed by atoms with Crippen LogP contribution in [0.15, 0.2) is 18.5 Å². The highest BCUT2D eigenvalue weighted by Crippen LogP contribution is 2.36. The number of ether oxygens (including phenoxy) is 1. The normalized spacial score (nSPS) is 16.8. The number of anilines is 1. The molecule has 1 unspecified atom stereocenters. The van der Waals surface area contributed by atoms with E-state index in [4.69, 9.17) is 38.7 Å². The molecule has 0 bridgehead atoms. The quantitative estimate of drug-likeness (QED) is 0.445.